The lowest BCUT2D eigenvalue weighted by atomic mass is 10.6. The maximum absolute atomic E-state index is 4.89. The zero-order chi connectivity index (χ0) is 9.97. The molecule has 0 aliphatic rings. The Hall–Kier alpha value is -1.28. The minimum absolute atomic E-state index is 0.553. The average Bonchev–Trinajstić information content (AvgIpc) is 2.72. The smallest absolute Gasteiger partial charge is 0.204 e. The van der Waals surface area contributed by atoms with Gasteiger partial charge < -0.3 is 5.32 Å². The normalized spacial score (nSPS) is 10.4. The summed E-state index contributed by atoms with van der Waals surface area (Å²) < 4.78 is 2.31. The van der Waals surface area contributed by atoms with Crippen LogP contribution in [0.15, 0.2) is 6.33 Å². The second-order valence-corrected chi connectivity index (χ2v) is 4.27. The van der Waals surface area contributed by atoms with E-state index in [0.717, 1.165) is 11.0 Å². The number of H-pyrrole nitrogens is 1. The molecule has 0 saturated heterocycles. The minimum Gasteiger partial charge on any atom is -0.353 e. The number of nitrogens with one attached hydrogen (secondary N) is 2. The molecule has 74 valence electrons. The van der Waals surface area contributed by atoms with E-state index in [4.69, 9.17) is 12.2 Å². The van der Waals surface area contributed by atoms with Gasteiger partial charge in [-0.05, 0) is 12.2 Å². The summed E-state index contributed by atoms with van der Waals surface area (Å²) in [7, 11) is 1.83. The van der Waals surface area contributed by atoms with Gasteiger partial charge in [-0.3, -0.25) is 9.78 Å². The predicted octanol–water partition coefficient (Wildman–Crippen LogP) is 0.941. The van der Waals surface area contributed by atoms with Crippen LogP contribution < -0.4 is 5.32 Å². The fourth-order valence-corrected chi connectivity index (χ4v) is 1.71. The van der Waals surface area contributed by atoms with Gasteiger partial charge in [-0.1, -0.05) is 11.3 Å². The zero-order valence-corrected chi connectivity index (χ0v) is 9.02. The van der Waals surface area contributed by atoms with E-state index in [0.29, 0.717) is 10.5 Å². The molecular weight excluding hydrogens is 220 g/mol. The fourth-order valence-electron chi connectivity index (χ4n) is 0.925. The number of rotatable bonds is 3. The maximum Gasteiger partial charge on any atom is 0.204 e. The van der Waals surface area contributed by atoms with Crippen LogP contribution in [0.25, 0.3) is 0 Å². The van der Waals surface area contributed by atoms with E-state index in [1.54, 1.807) is 11.0 Å². The number of nitrogens with zero attached hydrogens (tertiary/aromatic N) is 4. The third-order valence-corrected chi connectivity index (χ3v) is 2.53. The number of hydrogen-bond donors (Lipinski definition) is 2. The summed E-state index contributed by atoms with van der Waals surface area (Å²) in [5.74, 6) is 0.730. The van der Waals surface area contributed by atoms with Crippen LogP contribution in [0.3, 0.4) is 0 Å². The van der Waals surface area contributed by atoms with Gasteiger partial charge >= 0.3 is 0 Å². The molecule has 0 bridgehead atoms. The molecular formula is C6H8N6S2. The van der Waals surface area contributed by atoms with Crippen LogP contribution in [0.2, 0.25) is 0 Å². The molecule has 6 nitrogen and oxygen atoms in total. The largest absolute Gasteiger partial charge is 0.353 e. The molecule has 2 rings (SSSR count). The summed E-state index contributed by atoms with van der Waals surface area (Å²) in [6, 6.07) is 0. The Morgan fingerprint density at radius 2 is 2.57 bits per heavy atom. The third-order valence-electron chi connectivity index (χ3n) is 1.48. The van der Waals surface area contributed by atoms with Crippen LogP contribution in [-0.4, -0.2) is 25.0 Å². The van der Waals surface area contributed by atoms with Crippen LogP contribution in [0.4, 0.5) is 5.13 Å². The quantitative estimate of drug-likeness (QED) is 0.765. The summed E-state index contributed by atoms with van der Waals surface area (Å²) in [5, 5.41) is 14.6. The monoisotopic (exact) mass is 228 g/mol. The first kappa shape index (κ1) is 9.28. The van der Waals surface area contributed by atoms with Crippen molar-refractivity contribution in [2.75, 3.05) is 5.32 Å². The second kappa shape index (κ2) is 3.84. The van der Waals surface area contributed by atoms with Crippen LogP contribution in [0, 0.1) is 3.95 Å². The van der Waals surface area contributed by atoms with E-state index in [-0.39, 0.29) is 0 Å². The Bertz CT molecular complexity index is 468. The van der Waals surface area contributed by atoms with E-state index in [1.807, 2.05) is 7.05 Å². The number of aromatic amines is 1. The molecule has 0 amide bonds. The van der Waals surface area contributed by atoms with Crippen LogP contribution in [-0.2, 0) is 13.6 Å². The fraction of sp³-hybridized carbons (Fsp3) is 0.333. The number of hydrogen-bond acceptors (Lipinski definition) is 6. The van der Waals surface area contributed by atoms with E-state index in [2.05, 4.69) is 25.6 Å². The Kier molecular flexibility index (Phi) is 2.55. The number of anilines is 1. The molecule has 0 aliphatic heterocycles. The molecule has 0 unspecified atom stereocenters. The van der Waals surface area contributed by atoms with E-state index in [9.17, 15) is 0 Å². The van der Waals surface area contributed by atoms with Crippen molar-refractivity contribution >= 4 is 28.7 Å². The Morgan fingerprint density at radius 1 is 1.71 bits per heavy atom. The van der Waals surface area contributed by atoms with Crippen molar-refractivity contribution in [3.05, 3.63) is 16.1 Å². The molecule has 2 aromatic rings. The number of aryl methyl sites for hydroxylation is 1. The lowest BCUT2D eigenvalue weighted by Gasteiger charge is -1.95. The molecule has 8 heteroatoms. The SMILES string of the molecule is Cn1cnc(CNc2n[nH]c(=S)s2)n1. The van der Waals surface area contributed by atoms with Gasteiger partial charge in [0.2, 0.25) is 5.13 Å². The summed E-state index contributed by atoms with van der Waals surface area (Å²) in [5.41, 5.74) is 0. The Balaban J connectivity index is 1.98. The van der Waals surface area contributed by atoms with Gasteiger partial charge in [-0.15, -0.1) is 5.10 Å². The molecule has 14 heavy (non-hydrogen) atoms. The molecule has 2 N–H and O–H groups in total. The van der Waals surface area contributed by atoms with Crippen molar-refractivity contribution < 1.29 is 0 Å². The molecule has 0 saturated carbocycles. The molecule has 0 atom stereocenters. The van der Waals surface area contributed by atoms with Crippen molar-refractivity contribution in [1.82, 2.24) is 25.0 Å². The number of aromatic nitrogens is 5. The highest BCUT2D eigenvalue weighted by molar-refractivity contribution is 7.73. The first-order valence-electron chi connectivity index (χ1n) is 3.88. The summed E-state index contributed by atoms with van der Waals surface area (Å²) >= 11 is 6.28. The van der Waals surface area contributed by atoms with E-state index < -0.39 is 0 Å². The highest BCUT2D eigenvalue weighted by Gasteiger charge is 2.00. The van der Waals surface area contributed by atoms with Crippen molar-refractivity contribution in [3.8, 4) is 0 Å². The van der Waals surface area contributed by atoms with E-state index >= 15 is 0 Å². The molecule has 2 heterocycles. The third kappa shape index (κ3) is 2.15. The summed E-state index contributed by atoms with van der Waals surface area (Å²) in [6.45, 7) is 0.553. The van der Waals surface area contributed by atoms with Gasteiger partial charge in [-0.25, -0.2) is 4.98 Å². The van der Waals surface area contributed by atoms with Crippen LogP contribution in [0.5, 0.6) is 0 Å². The minimum atomic E-state index is 0.553. The van der Waals surface area contributed by atoms with Crippen molar-refractivity contribution in [1.29, 1.82) is 0 Å². The first-order chi connectivity index (χ1) is 6.74. The van der Waals surface area contributed by atoms with Gasteiger partial charge in [0.1, 0.15) is 6.33 Å². The van der Waals surface area contributed by atoms with Crippen molar-refractivity contribution in [3.63, 3.8) is 0 Å². The van der Waals surface area contributed by atoms with Gasteiger partial charge in [-0.2, -0.15) is 5.10 Å². The summed E-state index contributed by atoms with van der Waals surface area (Å²) in [4.78, 5) is 4.07. The van der Waals surface area contributed by atoms with Gasteiger partial charge in [0.05, 0.1) is 6.54 Å². The summed E-state index contributed by atoms with van der Waals surface area (Å²) in [6.07, 6.45) is 1.66. The van der Waals surface area contributed by atoms with Crippen molar-refractivity contribution in [2.24, 2.45) is 7.05 Å². The van der Waals surface area contributed by atoms with Crippen LogP contribution in [0.1, 0.15) is 5.82 Å². The maximum atomic E-state index is 4.89. The molecule has 0 spiro atoms. The molecule has 0 aromatic carbocycles. The standard InChI is InChI=1S/C6H8N6S2/c1-12-3-8-4(11-12)2-7-5-9-10-6(13)14-5/h3H,2H2,1H3,(H,7,9)(H,10,13). The van der Waals surface area contributed by atoms with Gasteiger partial charge in [0.25, 0.3) is 0 Å². The van der Waals surface area contributed by atoms with Gasteiger partial charge in [0.15, 0.2) is 9.78 Å². The highest BCUT2D eigenvalue weighted by atomic mass is 32.1. The average molecular weight is 228 g/mol. The predicted molar refractivity (Wildman–Crippen MR) is 55.6 cm³/mol. The first-order valence-corrected chi connectivity index (χ1v) is 5.10. The molecule has 0 radical (unpaired) electrons. The topological polar surface area (TPSA) is 71.4 Å². The Morgan fingerprint density at radius 3 is 3.14 bits per heavy atom. The lowest BCUT2D eigenvalue weighted by molar-refractivity contribution is 0.747. The Labute approximate surface area is 89.0 Å². The molecule has 0 aliphatic carbocycles. The molecule has 0 fully saturated rings. The van der Waals surface area contributed by atoms with Crippen LogP contribution >= 0.6 is 23.6 Å². The second-order valence-electron chi connectivity index (χ2n) is 2.61. The lowest BCUT2D eigenvalue weighted by Crippen LogP contribution is -2.01. The molecule has 2 aromatic heterocycles. The van der Waals surface area contributed by atoms with E-state index in [1.165, 1.54) is 11.3 Å². The highest BCUT2D eigenvalue weighted by Crippen LogP contribution is 2.10. The van der Waals surface area contributed by atoms with Crippen molar-refractivity contribution in [2.45, 2.75) is 6.54 Å². The zero-order valence-electron chi connectivity index (χ0n) is 7.39. The van der Waals surface area contributed by atoms with Gasteiger partial charge in [0, 0.05) is 7.05 Å².